The van der Waals surface area contributed by atoms with E-state index < -0.39 is 153 Å². The van der Waals surface area contributed by atoms with E-state index in [2.05, 4.69) is 0 Å². The summed E-state index contributed by atoms with van der Waals surface area (Å²) in [5.41, 5.74) is -8.98. The van der Waals surface area contributed by atoms with E-state index in [1.165, 1.54) is 27.7 Å². The molecule has 3 saturated heterocycles. The fourth-order valence-electron chi connectivity index (χ4n) is 15.2. The highest BCUT2D eigenvalue weighted by Gasteiger charge is 3.03. The number of hydrogen-bond donors (Lipinski definition) is 2. The zero-order chi connectivity index (χ0) is 38.8. The molecular weight excluding hydrogens is 708 g/mol. The van der Waals surface area contributed by atoms with Crippen molar-refractivity contribution in [3.05, 3.63) is 0 Å². The van der Waals surface area contributed by atoms with Crippen molar-refractivity contribution in [2.75, 3.05) is 0 Å². The standard InChI is InChI=1S/C39H48O15/c1-13-27-39(52-27)35(7,36(8,47)32(46)54-39)31-37(13)12-38(31,53-30(45)17-9-10-17)26-20-21(25(48-14(2)40)29(34(26,37)6)50-16(4)42)33(5)18(22(43)23(20)44)11-19-24(51-19)28(33)49-15(3)41/h13,17-21,23-29,31,44,47H,9-12H2,1-8H3/t13-,18-,19+,20+,21-,23-,24+,25+,26+,27-,28+,29+,31+,33+,34-,35+,36-,37+,38+,39+/m1/s1. The maximum Gasteiger partial charge on any atom is 0.341 e. The van der Waals surface area contributed by atoms with Gasteiger partial charge in [0.25, 0.3) is 0 Å². The second-order valence-electron chi connectivity index (χ2n) is 19.1. The highest BCUT2D eigenvalue weighted by molar-refractivity contribution is 5.89. The van der Waals surface area contributed by atoms with Crippen LogP contribution < -0.4 is 0 Å². The number of Topliss-reactive ketones (excluding diaryl/α,β-unsaturated/α-hetero) is 1. The molecule has 10 rings (SSSR count). The molecule has 10 fully saturated rings. The Morgan fingerprint density at radius 2 is 1.54 bits per heavy atom. The molecular formula is C39H48O15. The van der Waals surface area contributed by atoms with Gasteiger partial charge in [0.05, 0.1) is 17.4 Å². The third-order valence-electron chi connectivity index (χ3n) is 17.2. The molecule has 0 unspecified atom stereocenters. The maximum atomic E-state index is 14.8. The normalized spacial score (nSPS) is 58.9. The smallest absolute Gasteiger partial charge is 0.341 e. The van der Waals surface area contributed by atoms with E-state index in [1.807, 2.05) is 13.8 Å². The van der Waals surface area contributed by atoms with E-state index in [-0.39, 0.29) is 18.8 Å². The quantitative estimate of drug-likeness (QED) is 0.229. The fourth-order valence-corrected chi connectivity index (χ4v) is 15.2. The topological polar surface area (TPSA) is 214 Å². The Morgan fingerprint density at radius 3 is 2.15 bits per heavy atom. The number of carbonyl (C=O) groups excluding carboxylic acids is 6. The molecule has 15 nitrogen and oxygen atoms in total. The molecule has 2 N–H and O–H groups in total. The molecule has 3 heterocycles. The number of ketones is 1. The third kappa shape index (κ3) is 3.46. The average Bonchev–Trinajstić information content (AvgIpc) is 3.96. The van der Waals surface area contributed by atoms with E-state index in [4.69, 9.17) is 33.2 Å². The summed E-state index contributed by atoms with van der Waals surface area (Å²) >= 11 is 0. The molecule has 0 aromatic carbocycles. The van der Waals surface area contributed by atoms with Crippen molar-refractivity contribution in [3.8, 4) is 0 Å². The highest BCUT2D eigenvalue weighted by Crippen LogP contribution is 2.94. The Morgan fingerprint density at radius 1 is 0.907 bits per heavy atom. The number of aliphatic hydroxyl groups is 2. The lowest BCUT2D eigenvalue weighted by Crippen LogP contribution is -2.76. The first-order chi connectivity index (χ1) is 25.1. The minimum atomic E-state index is -2.15. The monoisotopic (exact) mass is 756 g/mol. The Labute approximate surface area is 311 Å². The number of rotatable bonds is 5. The number of esters is 5. The van der Waals surface area contributed by atoms with Crippen molar-refractivity contribution >= 4 is 35.6 Å². The van der Waals surface area contributed by atoms with Crippen LogP contribution in [0.5, 0.6) is 0 Å². The van der Waals surface area contributed by atoms with Gasteiger partial charge in [0.1, 0.15) is 42.2 Å². The lowest BCUT2D eigenvalue weighted by Gasteiger charge is -2.68. The molecule has 0 aromatic rings. The molecule has 54 heavy (non-hydrogen) atoms. The first kappa shape index (κ1) is 35.3. The van der Waals surface area contributed by atoms with Gasteiger partial charge < -0.3 is 43.4 Å². The molecule has 0 amide bonds. The average molecular weight is 757 g/mol. The summed E-state index contributed by atoms with van der Waals surface area (Å²) in [6, 6.07) is 0. The van der Waals surface area contributed by atoms with Gasteiger partial charge in [-0.1, -0.05) is 20.8 Å². The molecule has 2 bridgehead atoms. The van der Waals surface area contributed by atoms with Crippen LogP contribution in [-0.4, -0.2) is 106 Å². The SMILES string of the molecule is CC(=O)O[C@H]1[C@H]2[C@H]([C@@H]3[C@@]4(OC(=O)C5CC5)C[C@@]5([C@H](C)[C@H]6O[C@]67OC(=O)[C@@](C)(O)[C@]7(C)[C@H]45)[C@@]3(C)[C@H]1OC(C)=O)[C@@H](O)C(=O)[C@H]1C[C@@H]3O[C@@H]3[C@H](OC(C)=O)[C@]21C. The van der Waals surface area contributed by atoms with Crippen molar-refractivity contribution < 1.29 is 72.1 Å². The summed E-state index contributed by atoms with van der Waals surface area (Å²) in [6.45, 7) is 12.4. The lowest BCUT2D eigenvalue weighted by molar-refractivity contribution is -0.299. The van der Waals surface area contributed by atoms with Crippen molar-refractivity contribution in [2.45, 2.75) is 141 Å². The number of ether oxygens (including phenoxy) is 7. The third-order valence-corrected chi connectivity index (χ3v) is 17.2. The number of hydrogen-bond acceptors (Lipinski definition) is 15. The van der Waals surface area contributed by atoms with Gasteiger partial charge in [-0.2, -0.15) is 0 Å². The van der Waals surface area contributed by atoms with E-state index in [9.17, 15) is 39.0 Å². The van der Waals surface area contributed by atoms with Crippen molar-refractivity contribution in [1.29, 1.82) is 0 Å². The number of fused-ring (bicyclic) bond motifs is 7. The summed E-state index contributed by atoms with van der Waals surface area (Å²) in [4.78, 5) is 82.1. The number of epoxide rings is 2. The largest absolute Gasteiger partial charge is 0.459 e. The van der Waals surface area contributed by atoms with Gasteiger partial charge in [-0.3, -0.25) is 24.0 Å². The Balaban J connectivity index is 1.27. The molecule has 3 aliphatic heterocycles. The zero-order valence-electron chi connectivity index (χ0n) is 31.6. The Kier molecular flexibility index (Phi) is 6.44. The van der Waals surface area contributed by atoms with Gasteiger partial charge in [-0.15, -0.1) is 0 Å². The predicted molar refractivity (Wildman–Crippen MR) is 175 cm³/mol. The van der Waals surface area contributed by atoms with Gasteiger partial charge in [0.15, 0.2) is 11.4 Å². The van der Waals surface area contributed by atoms with Crippen LogP contribution in [0.2, 0.25) is 0 Å². The van der Waals surface area contributed by atoms with E-state index in [0.717, 1.165) is 0 Å². The van der Waals surface area contributed by atoms with Crippen LogP contribution in [0.4, 0.5) is 0 Å². The number of carbonyl (C=O) groups is 6. The van der Waals surface area contributed by atoms with Crippen molar-refractivity contribution in [2.24, 2.45) is 63.1 Å². The van der Waals surface area contributed by atoms with Crippen LogP contribution in [-0.2, 0) is 61.9 Å². The minimum absolute atomic E-state index is 0.164. The molecule has 7 aliphatic carbocycles. The van der Waals surface area contributed by atoms with Gasteiger partial charge in [-0.05, 0) is 50.9 Å². The van der Waals surface area contributed by atoms with E-state index in [1.54, 1.807) is 13.8 Å². The van der Waals surface area contributed by atoms with Crippen LogP contribution in [0.1, 0.15) is 81.1 Å². The van der Waals surface area contributed by atoms with Crippen molar-refractivity contribution in [3.63, 3.8) is 0 Å². The molecule has 294 valence electrons. The van der Waals surface area contributed by atoms with Gasteiger partial charge in [0, 0.05) is 61.2 Å². The van der Waals surface area contributed by atoms with Gasteiger partial charge >= 0.3 is 29.8 Å². The molecule has 0 radical (unpaired) electrons. The molecule has 1 spiro atoms. The molecule has 15 heteroatoms. The summed E-state index contributed by atoms with van der Waals surface area (Å²) in [6.07, 6.45) is -5.31. The van der Waals surface area contributed by atoms with E-state index in [0.29, 0.717) is 12.8 Å². The van der Waals surface area contributed by atoms with Crippen LogP contribution in [0.3, 0.4) is 0 Å². The zero-order valence-corrected chi connectivity index (χ0v) is 31.6. The lowest BCUT2D eigenvalue weighted by atomic mass is 9.35. The molecule has 10 aliphatic rings. The summed E-state index contributed by atoms with van der Waals surface area (Å²) in [7, 11) is 0. The van der Waals surface area contributed by atoms with E-state index >= 15 is 0 Å². The first-order valence-electron chi connectivity index (χ1n) is 19.4. The van der Waals surface area contributed by atoms with Crippen LogP contribution in [0.25, 0.3) is 0 Å². The Bertz CT molecular complexity index is 1860. The maximum absolute atomic E-state index is 14.8. The second kappa shape index (κ2) is 9.86. The summed E-state index contributed by atoms with van der Waals surface area (Å²) < 4.78 is 43.9. The summed E-state index contributed by atoms with van der Waals surface area (Å²) in [5, 5.41) is 24.9. The van der Waals surface area contributed by atoms with Crippen molar-refractivity contribution in [1.82, 2.24) is 0 Å². The molecule has 20 atom stereocenters. The van der Waals surface area contributed by atoms with Crippen LogP contribution in [0.15, 0.2) is 0 Å². The van der Waals surface area contributed by atoms with Gasteiger partial charge in [-0.25, -0.2) is 4.79 Å². The Hall–Kier alpha value is -3.14. The second-order valence-corrected chi connectivity index (χ2v) is 19.1. The fraction of sp³-hybridized carbons (Fsp3) is 0.846. The molecule has 7 saturated carbocycles. The summed E-state index contributed by atoms with van der Waals surface area (Å²) in [5.74, 6) is -11.2. The highest BCUT2D eigenvalue weighted by atomic mass is 16.8. The molecule has 0 aromatic heterocycles. The predicted octanol–water partition coefficient (Wildman–Crippen LogP) is 1.16. The first-order valence-corrected chi connectivity index (χ1v) is 19.4. The van der Waals surface area contributed by atoms with Gasteiger partial charge in [0.2, 0.25) is 5.79 Å². The van der Waals surface area contributed by atoms with Crippen LogP contribution in [0, 0.1) is 63.1 Å². The van der Waals surface area contributed by atoms with Crippen LogP contribution >= 0.6 is 0 Å². The number of aliphatic hydroxyl groups excluding tert-OH is 1. The minimum Gasteiger partial charge on any atom is -0.459 e.